The van der Waals surface area contributed by atoms with Crippen molar-refractivity contribution in [3.8, 4) is 5.75 Å². The van der Waals surface area contributed by atoms with Gasteiger partial charge in [-0.2, -0.15) is 0 Å². The monoisotopic (exact) mass is 258 g/mol. The van der Waals surface area contributed by atoms with Gasteiger partial charge in [0.2, 0.25) is 0 Å². The quantitative estimate of drug-likeness (QED) is 0.780. The molecule has 0 amide bonds. The second kappa shape index (κ2) is 5.65. The van der Waals surface area contributed by atoms with Crippen LogP contribution in [0.2, 0.25) is 0 Å². The van der Waals surface area contributed by atoms with E-state index in [1.165, 1.54) is 6.07 Å². The summed E-state index contributed by atoms with van der Waals surface area (Å²) in [7, 11) is 0. The highest BCUT2D eigenvalue weighted by Crippen LogP contribution is 2.18. The number of hydrogen-bond donors (Lipinski definition) is 0. The summed E-state index contributed by atoms with van der Waals surface area (Å²) in [5, 5.41) is 0. The number of carbonyl (C=O) groups is 1. The second-order valence-corrected chi connectivity index (χ2v) is 4.25. The zero-order valence-electron chi connectivity index (χ0n) is 10.9. The van der Waals surface area contributed by atoms with E-state index < -0.39 is 0 Å². The van der Waals surface area contributed by atoms with Gasteiger partial charge in [0.15, 0.2) is 5.78 Å². The fourth-order valence-electron chi connectivity index (χ4n) is 1.79. The Bertz CT molecular complexity index is 605. The van der Waals surface area contributed by atoms with Gasteiger partial charge in [0, 0.05) is 11.1 Å². The molecule has 0 aliphatic heterocycles. The molecule has 98 valence electrons. The van der Waals surface area contributed by atoms with Gasteiger partial charge in [-0.3, -0.25) is 4.79 Å². The van der Waals surface area contributed by atoms with Crippen LogP contribution < -0.4 is 4.74 Å². The Kier molecular flexibility index (Phi) is 3.95. The molecule has 0 heterocycles. The minimum atomic E-state index is -0.369. The van der Waals surface area contributed by atoms with Crippen LogP contribution in [-0.2, 0) is 0 Å². The van der Waals surface area contributed by atoms with Crippen molar-refractivity contribution in [2.24, 2.45) is 0 Å². The highest BCUT2D eigenvalue weighted by Gasteiger charge is 2.11. The standard InChI is InChI=1S/C16H15FO2/c1-3-19-14-6-4-5-12(9-14)16(18)13-8-7-11(2)15(17)10-13/h4-10H,3H2,1-2H3. The molecule has 0 saturated carbocycles. The molecule has 0 fully saturated rings. The molecule has 0 unspecified atom stereocenters. The van der Waals surface area contributed by atoms with Crippen LogP contribution >= 0.6 is 0 Å². The van der Waals surface area contributed by atoms with Gasteiger partial charge in [0.25, 0.3) is 0 Å². The van der Waals surface area contributed by atoms with E-state index in [1.807, 2.05) is 6.92 Å². The summed E-state index contributed by atoms with van der Waals surface area (Å²) in [6.45, 7) is 4.08. The van der Waals surface area contributed by atoms with Crippen molar-refractivity contribution in [2.45, 2.75) is 13.8 Å². The number of halogens is 1. The van der Waals surface area contributed by atoms with Gasteiger partial charge in [0.1, 0.15) is 11.6 Å². The maximum atomic E-state index is 13.5. The van der Waals surface area contributed by atoms with Crippen molar-refractivity contribution in [2.75, 3.05) is 6.61 Å². The lowest BCUT2D eigenvalue weighted by atomic mass is 10.0. The van der Waals surface area contributed by atoms with E-state index in [1.54, 1.807) is 43.3 Å². The highest BCUT2D eigenvalue weighted by molar-refractivity contribution is 6.09. The van der Waals surface area contributed by atoms with E-state index in [0.29, 0.717) is 29.0 Å². The molecule has 0 bridgehead atoms. The number of ketones is 1. The molecule has 0 aliphatic carbocycles. The zero-order chi connectivity index (χ0) is 13.8. The molecule has 0 radical (unpaired) electrons. The van der Waals surface area contributed by atoms with E-state index in [0.717, 1.165) is 0 Å². The fourth-order valence-corrected chi connectivity index (χ4v) is 1.79. The van der Waals surface area contributed by atoms with Crippen molar-refractivity contribution < 1.29 is 13.9 Å². The first-order chi connectivity index (χ1) is 9.11. The summed E-state index contributed by atoms with van der Waals surface area (Å²) >= 11 is 0. The average molecular weight is 258 g/mol. The van der Waals surface area contributed by atoms with Crippen LogP contribution in [0.1, 0.15) is 28.4 Å². The summed E-state index contributed by atoms with van der Waals surface area (Å²) in [4.78, 5) is 12.2. The molecule has 3 heteroatoms. The maximum absolute atomic E-state index is 13.5. The van der Waals surface area contributed by atoms with Gasteiger partial charge in [-0.05, 0) is 37.6 Å². The van der Waals surface area contributed by atoms with Crippen LogP contribution in [0.4, 0.5) is 4.39 Å². The Morgan fingerprint density at radius 3 is 2.58 bits per heavy atom. The lowest BCUT2D eigenvalue weighted by molar-refractivity contribution is 0.103. The van der Waals surface area contributed by atoms with Gasteiger partial charge < -0.3 is 4.74 Å². The van der Waals surface area contributed by atoms with Gasteiger partial charge in [0.05, 0.1) is 6.61 Å². The van der Waals surface area contributed by atoms with Crippen molar-refractivity contribution in [3.05, 3.63) is 65.0 Å². The third kappa shape index (κ3) is 2.99. The number of benzene rings is 2. The smallest absolute Gasteiger partial charge is 0.193 e. The van der Waals surface area contributed by atoms with Gasteiger partial charge in [-0.15, -0.1) is 0 Å². The maximum Gasteiger partial charge on any atom is 0.193 e. The molecule has 0 N–H and O–H groups in total. The van der Waals surface area contributed by atoms with Gasteiger partial charge in [-0.25, -0.2) is 4.39 Å². The summed E-state index contributed by atoms with van der Waals surface area (Å²) < 4.78 is 18.8. The van der Waals surface area contributed by atoms with Crippen molar-refractivity contribution >= 4 is 5.78 Å². The van der Waals surface area contributed by atoms with E-state index in [4.69, 9.17) is 4.74 Å². The van der Waals surface area contributed by atoms with Crippen molar-refractivity contribution in [3.63, 3.8) is 0 Å². The van der Waals surface area contributed by atoms with Crippen LogP contribution in [-0.4, -0.2) is 12.4 Å². The number of ether oxygens (including phenoxy) is 1. The Hall–Kier alpha value is -2.16. The Morgan fingerprint density at radius 1 is 1.16 bits per heavy atom. The van der Waals surface area contributed by atoms with E-state index >= 15 is 0 Å². The van der Waals surface area contributed by atoms with Crippen LogP contribution in [0.3, 0.4) is 0 Å². The molecule has 0 aliphatic rings. The van der Waals surface area contributed by atoms with E-state index in [-0.39, 0.29) is 11.6 Å². The SMILES string of the molecule is CCOc1cccc(C(=O)c2ccc(C)c(F)c2)c1. The molecule has 0 spiro atoms. The minimum Gasteiger partial charge on any atom is -0.494 e. The third-order valence-electron chi connectivity index (χ3n) is 2.84. The molecule has 0 saturated heterocycles. The van der Waals surface area contributed by atoms with Crippen LogP contribution in [0.25, 0.3) is 0 Å². The van der Waals surface area contributed by atoms with Crippen molar-refractivity contribution in [1.82, 2.24) is 0 Å². The molecule has 19 heavy (non-hydrogen) atoms. The summed E-state index contributed by atoms with van der Waals surface area (Å²) in [6.07, 6.45) is 0. The number of rotatable bonds is 4. The van der Waals surface area contributed by atoms with Gasteiger partial charge in [-0.1, -0.05) is 24.3 Å². The molecule has 2 aromatic rings. The molecule has 0 atom stereocenters. The molecule has 0 aromatic heterocycles. The fraction of sp³-hybridized carbons (Fsp3) is 0.188. The van der Waals surface area contributed by atoms with Crippen LogP contribution in [0.15, 0.2) is 42.5 Å². The molecule has 2 rings (SSSR count). The summed E-state index contributed by atoms with van der Waals surface area (Å²) in [5.74, 6) is 0.0631. The first-order valence-electron chi connectivity index (χ1n) is 6.15. The Morgan fingerprint density at radius 2 is 1.89 bits per heavy atom. The first kappa shape index (κ1) is 13.3. The second-order valence-electron chi connectivity index (χ2n) is 4.25. The number of hydrogen-bond acceptors (Lipinski definition) is 2. The van der Waals surface area contributed by atoms with Crippen molar-refractivity contribution in [1.29, 1.82) is 0 Å². The Balaban J connectivity index is 2.32. The highest BCUT2D eigenvalue weighted by atomic mass is 19.1. The number of carbonyl (C=O) groups excluding carboxylic acids is 1. The zero-order valence-corrected chi connectivity index (χ0v) is 10.9. The third-order valence-corrected chi connectivity index (χ3v) is 2.84. The first-order valence-corrected chi connectivity index (χ1v) is 6.15. The predicted octanol–water partition coefficient (Wildman–Crippen LogP) is 3.76. The van der Waals surface area contributed by atoms with E-state index in [9.17, 15) is 9.18 Å². The normalized spacial score (nSPS) is 10.3. The van der Waals surface area contributed by atoms with Gasteiger partial charge >= 0.3 is 0 Å². The molecular weight excluding hydrogens is 243 g/mol. The molecular formula is C16H15FO2. The van der Waals surface area contributed by atoms with E-state index in [2.05, 4.69) is 0 Å². The Labute approximate surface area is 111 Å². The largest absolute Gasteiger partial charge is 0.494 e. The summed E-state index contributed by atoms with van der Waals surface area (Å²) in [5.41, 5.74) is 1.37. The topological polar surface area (TPSA) is 26.3 Å². The summed E-state index contributed by atoms with van der Waals surface area (Å²) in [6, 6.07) is 11.4. The minimum absolute atomic E-state index is 0.208. The lowest BCUT2D eigenvalue weighted by Gasteiger charge is -2.06. The predicted molar refractivity (Wildman–Crippen MR) is 72.2 cm³/mol. The lowest BCUT2D eigenvalue weighted by Crippen LogP contribution is -2.03. The molecule has 2 nitrogen and oxygen atoms in total. The van der Waals surface area contributed by atoms with Crippen LogP contribution in [0, 0.1) is 12.7 Å². The number of aryl methyl sites for hydroxylation is 1. The average Bonchev–Trinajstić information content (AvgIpc) is 2.42. The molecule has 2 aromatic carbocycles. The van der Waals surface area contributed by atoms with Crippen LogP contribution in [0.5, 0.6) is 5.75 Å².